The lowest BCUT2D eigenvalue weighted by Gasteiger charge is -2.38. The lowest BCUT2D eigenvalue weighted by Crippen LogP contribution is -2.50. The molecule has 4 rings (SSSR count). The van der Waals surface area contributed by atoms with Crippen LogP contribution in [0.25, 0.3) is 0 Å². The van der Waals surface area contributed by atoms with Gasteiger partial charge in [-0.25, -0.2) is 0 Å². The van der Waals surface area contributed by atoms with Crippen molar-refractivity contribution in [3.05, 3.63) is 41.6 Å². The van der Waals surface area contributed by atoms with Crippen molar-refractivity contribution >= 4 is 11.5 Å². The Morgan fingerprint density at radius 2 is 1.90 bits per heavy atom. The molecule has 0 radical (unpaired) electrons. The molecule has 2 saturated heterocycles. The number of ether oxygens (including phenoxy) is 1. The van der Waals surface area contributed by atoms with Crippen LogP contribution in [-0.4, -0.2) is 73.6 Å². The molecule has 5 nitrogen and oxygen atoms in total. The van der Waals surface area contributed by atoms with Gasteiger partial charge in [-0.1, -0.05) is 32.0 Å². The van der Waals surface area contributed by atoms with Gasteiger partial charge in [0.1, 0.15) is 0 Å². The molecular formula is C25H37N3O2. The number of carbonyl (C=O) groups excluding carboxylic acids is 1. The first kappa shape index (κ1) is 21.5. The van der Waals surface area contributed by atoms with E-state index in [0.29, 0.717) is 12.6 Å². The lowest BCUT2D eigenvalue weighted by atomic mass is 9.83. The van der Waals surface area contributed by atoms with E-state index in [-0.39, 0.29) is 23.4 Å². The predicted octanol–water partition coefficient (Wildman–Crippen LogP) is 3.44. The smallest absolute Gasteiger partial charge is 0.171 e. The highest BCUT2D eigenvalue weighted by molar-refractivity contribution is 5.94. The van der Waals surface area contributed by atoms with Crippen LogP contribution in [0.2, 0.25) is 0 Å². The molecule has 3 atom stereocenters. The maximum atomic E-state index is 13.1. The monoisotopic (exact) mass is 411 g/mol. The van der Waals surface area contributed by atoms with Crippen molar-refractivity contribution in [3.63, 3.8) is 0 Å². The fourth-order valence-electron chi connectivity index (χ4n) is 5.70. The van der Waals surface area contributed by atoms with Crippen LogP contribution < -0.4 is 4.90 Å². The quantitative estimate of drug-likeness (QED) is 0.694. The fraction of sp³-hybridized carbons (Fsp3) is 0.640. The van der Waals surface area contributed by atoms with Gasteiger partial charge in [0.25, 0.3) is 0 Å². The third-order valence-electron chi connectivity index (χ3n) is 7.06. The minimum Gasteiger partial charge on any atom is -0.373 e. The van der Waals surface area contributed by atoms with Crippen LogP contribution in [-0.2, 0) is 14.9 Å². The van der Waals surface area contributed by atoms with Crippen LogP contribution in [0.15, 0.2) is 36.0 Å². The minimum atomic E-state index is -0.147. The molecule has 1 aromatic carbocycles. The second-order valence-electron chi connectivity index (χ2n) is 9.94. The fourth-order valence-corrected chi connectivity index (χ4v) is 5.70. The minimum absolute atomic E-state index is 0.147. The number of benzene rings is 1. The van der Waals surface area contributed by atoms with Gasteiger partial charge in [-0.15, -0.1) is 0 Å². The molecule has 1 aromatic rings. The highest BCUT2D eigenvalue weighted by Crippen LogP contribution is 2.46. The van der Waals surface area contributed by atoms with E-state index in [4.69, 9.17) is 4.74 Å². The van der Waals surface area contributed by atoms with E-state index in [1.54, 1.807) is 0 Å². The second kappa shape index (κ2) is 8.45. The van der Waals surface area contributed by atoms with Crippen LogP contribution in [0.1, 0.15) is 46.1 Å². The number of ketones is 1. The molecule has 3 heterocycles. The summed E-state index contributed by atoms with van der Waals surface area (Å²) in [6.45, 7) is 13.3. The topological polar surface area (TPSA) is 36.0 Å². The Bertz CT molecular complexity index is 808. The van der Waals surface area contributed by atoms with Crippen molar-refractivity contribution in [2.45, 2.75) is 64.2 Å². The third-order valence-corrected chi connectivity index (χ3v) is 7.06. The summed E-state index contributed by atoms with van der Waals surface area (Å²) in [7, 11) is 2.08. The van der Waals surface area contributed by atoms with Crippen molar-refractivity contribution in [3.8, 4) is 0 Å². The first-order valence-electron chi connectivity index (χ1n) is 11.5. The summed E-state index contributed by atoms with van der Waals surface area (Å²) in [5.74, 6) is 0.216. The number of allylic oxidation sites excluding steroid dienone is 1. The first-order chi connectivity index (χ1) is 14.3. The Balaban J connectivity index is 1.42. The Morgan fingerprint density at radius 3 is 2.60 bits per heavy atom. The summed E-state index contributed by atoms with van der Waals surface area (Å²) in [4.78, 5) is 20.2. The normalized spacial score (nSPS) is 30.8. The summed E-state index contributed by atoms with van der Waals surface area (Å²) in [6.07, 6.45) is 4.84. The molecular weight excluding hydrogens is 374 g/mol. The molecule has 3 aliphatic rings. The summed E-state index contributed by atoms with van der Waals surface area (Å²) >= 11 is 0. The van der Waals surface area contributed by atoms with E-state index < -0.39 is 0 Å². The van der Waals surface area contributed by atoms with Crippen molar-refractivity contribution in [2.75, 3.05) is 44.7 Å². The van der Waals surface area contributed by atoms with Gasteiger partial charge in [-0.3, -0.25) is 14.6 Å². The zero-order chi connectivity index (χ0) is 21.5. The average Bonchev–Trinajstić information content (AvgIpc) is 3.17. The number of fused-ring (bicyclic) bond motifs is 1. The molecule has 30 heavy (non-hydrogen) atoms. The van der Waals surface area contributed by atoms with Crippen molar-refractivity contribution in [1.82, 2.24) is 9.80 Å². The molecule has 2 fully saturated rings. The molecule has 0 spiro atoms. The van der Waals surface area contributed by atoms with Crippen molar-refractivity contribution in [2.24, 2.45) is 0 Å². The van der Waals surface area contributed by atoms with Gasteiger partial charge in [-0.2, -0.15) is 0 Å². The van der Waals surface area contributed by atoms with Gasteiger partial charge in [0.05, 0.1) is 18.8 Å². The third kappa shape index (κ3) is 4.20. The summed E-state index contributed by atoms with van der Waals surface area (Å²) in [6, 6.07) is 8.94. The van der Waals surface area contributed by atoms with Gasteiger partial charge < -0.3 is 9.64 Å². The van der Waals surface area contributed by atoms with Crippen LogP contribution in [0.4, 0.5) is 5.69 Å². The van der Waals surface area contributed by atoms with Crippen LogP contribution in [0, 0.1) is 0 Å². The maximum absolute atomic E-state index is 13.1. The van der Waals surface area contributed by atoms with Crippen molar-refractivity contribution < 1.29 is 9.53 Å². The number of carbonyl (C=O) groups is 1. The van der Waals surface area contributed by atoms with E-state index in [9.17, 15) is 4.79 Å². The Labute approximate surface area is 181 Å². The number of likely N-dealkylation sites (tertiary alicyclic amines) is 1. The highest BCUT2D eigenvalue weighted by atomic mass is 16.5. The zero-order valence-corrected chi connectivity index (χ0v) is 19.2. The lowest BCUT2D eigenvalue weighted by molar-refractivity contribution is -0.116. The van der Waals surface area contributed by atoms with Crippen LogP contribution >= 0.6 is 0 Å². The predicted molar refractivity (Wildman–Crippen MR) is 122 cm³/mol. The number of rotatable bonds is 5. The van der Waals surface area contributed by atoms with E-state index in [1.807, 2.05) is 6.08 Å². The Morgan fingerprint density at radius 1 is 1.20 bits per heavy atom. The standard InChI is InChI=1S/C25H37N3O2/c1-18-14-27(15-19(2)30-18)16-20-9-8-12-28(20)17-21(29)13-24-25(3,4)22-10-6-7-11-23(22)26(24)5/h6-7,10-11,13,18-20H,8-9,12,14-17H2,1-5H3/b24-13+. The van der Waals surface area contributed by atoms with E-state index in [0.717, 1.165) is 31.9 Å². The molecule has 3 aliphatic heterocycles. The number of anilines is 1. The molecule has 164 valence electrons. The maximum Gasteiger partial charge on any atom is 0.171 e. The van der Waals surface area contributed by atoms with E-state index in [1.165, 1.54) is 24.1 Å². The van der Waals surface area contributed by atoms with Crippen LogP contribution in [0.3, 0.4) is 0 Å². The van der Waals surface area contributed by atoms with Gasteiger partial charge in [-0.05, 0) is 44.9 Å². The van der Waals surface area contributed by atoms with Crippen molar-refractivity contribution in [1.29, 1.82) is 0 Å². The zero-order valence-electron chi connectivity index (χ0n) is 19.2. The number of hydrogen-bond acceptors (Lipinski definition) is 5. The largest absolute Gasteiger partial charge is 0.373 e. The molecule has 0 aliphatic carbocycles. The molecule has 0 aromatic heterocycles. The summed E-state index contributed by atoms with van der Waals surface area (Å²) < 4.78 is 5.88. The Hall–Kier alpha value is -1.69. The number of morpholine rings is 1. The van der Waals surface area contributed by atoms with E-state index >= 15 is 0 Å². The number of nitrogens with zero attached hydrogens (tertiary/aromatic N) is 3. The number of likely N-dealkylation sites (N-methyl/N-ethyl adjacent to an activating group) is 1. The van der Waals surface area contributed by atoms with Gasteiger partial charge >= 0.3 is 0 Å². The molecule has 0 bridgehead atoms. The first-order valence-corrected chi connectivity index (χ1v) is 11.5. The van der Waals surface area contributed by atoms with Gasteiger partial charge in [0, 0.05) is 55.6 Å². The second-order valence-corrected chi connectivity index (χ2v) is 9.94. The molecule has 0 N–H and O–H groups in total. The summed E-state index contributed by atoms with van der Waals surface area (Å²) in [5, 5.41) is 0. The SMILES string of the molecule is CC1CN(CC2CCCN2CC(=O)/C=C2/N(C)c3ccccc3C2(C)C)CC(C)O1. The van der Waals surface area contributed by atoms with Gasteiger partial charge in [0.15, 0.2) is 5.78 Å². The molecule has 5 heteroatoms. The van der Waals surface area contributed by atoms with Gasteiger partial charge in [0.2, 0.25) is 0 Å². The Kier molecular flexibility index (Phi) is 6.06. The number of para-hydroxylation sites is 1. The molecule has 0 amide bonds. The number of hydrogen-bond donors (Lipinski definition) is 0. The highest BCUT2D eigenvalue weighted by Gasteiger charge is 2.39. The van der Waals surface area contributed by atoms with Crippen LogP contribution in [0.5, 0.6) is 0 Å². The van der Waals surface area contributed by atoms with E-state index in [2.05, 4.69) is 73.7 Å². The average molecular weight is 412 g/mol. The molecule has 0 saturated carbocycles. The summed E-state index contributed by atoms with van der Waals surface area (Å²) in [5.41, 5.74) is 3.45. The molecule has 3 unspecified atom stereocenters.